The number of fused-ring (bicyclic) bond motifs is 1. The largest absolute Gasteiger partial charge is 0.326 e. The van der Waals surface area contributed by atoms with Gasteiger partial charge in [-0.25, -0.2) is 0 Å². The van der Waals surface area contributed by atoms with Crippen molar-refractivity contribution in [2.75, 3.05) is 18.4 Å². The maximum Gasteiger partial charge on any atom is 0.229 e. The smallest absolute Gasteiger partial charge is 0.229 e. The van der Waals surface area contributed by atoms with Crippen LogP contribution in [0.15, 0.2) is 24.3 Å². The van der Waals surface area contributed by atoms with Crippen molar-refractivity contribution in [2.45, 2.75) is 32.2 Å². The fraction of sp³-hybridized carbons (Fsp3) is 0.533. The minimum atomic E-state index is 0.187. The zero-order valence-corrected chi connectivity index (χ0v) is 10.9. The molecule has 2 fully saturated rings. The van der Waals surface area contributed by atoms with Crippen molar-refractivity contribution in [3.63, 3.8) is 0 Å². The SMILES string of the molecule is Cc1ccccc1NC(=O)C1CCN2CCCC12. The molecule has 96 valence electrons. The van der Waals surface area contributed by atoms with Crippen molar-refractivity contribution < 1.29 is 4.79 Å². The third-order valence-electron chi connectivity index (χ3n) is 4.35. The summed E-state index contributed by atoms with van der Waals surface area (Å²) >= 11 is 0. The molecule has 0 radical (unpaired) electrons. The van der Waals surface area contributed by atoms with Crippen LogP contribution in [-0.4, -0.2) is 29.9 Å². The minimum Gasteiger partial charge on any atom is -0.326 e. The molecule has 0 spiro atoms. The van der Waals surface area contributed by atoms with Gasteiger partial charge in [-0.2, -0.15) is 0 Å². The predicted molar refractivity (Wildman–Crippen MR) is 72.5 cm³/mol. The summed E-state index contributed by atoms with van der Waals surface area (Å²) in [4.78, 5) is 14.8. The summed E-state index contributed by atoms with van der Waals surface area (Å²) in [6, 6.07) is 8.48. The molecule has 1 aromatic carbocycles. The molecule has 2 unspecified atom stereocenters. The van der Waals surface area contributed by atoms with Gasteiger partial charge in [0.25, 0.3) is 0 Å². The molecule has 2 heterocycles. The van der Waals surface area contributed by atoms with Crippen LogP contribution in [0.1, 0.15) is 24.8 Å². The lowest BCUT2D eigenvalue weighted by atomic mass is 9.97. The highest BCUT2D eigenvalue weighted by molar-refractivity contribution is 5.93. The van der Waals surface area contributed by atoms with Crippen LogP contribution in [0, 0.1) is 12.8 Å². The Morgan fingerprint density at radius 3 is 2.94 bits per heavy atom. The molecule has 0 aliphatic carbocycles. The molecule has 3 rings (SSSR count). The fourth-order valence-electron chi connectivity index (χ4n) is 3.33. The van der Waals surface area contributed by atoms with Gasteiger partial charge in [-0.3, -0.25) is 9.69 Å². The van der Waals surface area contributed by atoms with Crippen molar-refractivity contribution in [1.29, 1.82) is 0 Å². The number of hydrogen-bond acceptors (Lipinski definition) is 2. The highest BCUT2D eigenvalue weighted by atomic mass is 16.2. The molecule has 1 amide bonds. The standard InChI is InChI=1S/C15H20N2O/c1-11-5-2-3-6-13(11)16-15(18)12-8-10-17-9-4-7-14(12)17/h2-3,5-6,12,14H,4,7-10H2,1H3,(H,16,18). The summed E-state index contributed by atoms with van der Waals surface area (Å²) in [5.74, 6) is 0.394. The quantitative estimate of drug-likeness (QED) is 0.866. The van der Waals surface area contributed by atoms with E-state index in [4.69, 9.17) is 0 Å². The lowest BCUT2D eigenvalue weighted by molar-refractivity contribution is -0.120. The molecule has 2 saturated heterocycles. The van der Waals surface area contributed by atoms with Crippen LogP contribution in [-0.2, 0) is 4.79 Å². The molecule has 2 aliphatic rings. The van der Waals surface area contributed by atoms with Gasteiger partial charge in [-0.15, -0.1) is 0 Å². The van der Waals surface area contributed by atoms with Crippen molar-refractivity contribution in [3.05, 3.63) is 29.8 Å². The normalized spacial score (nSPS) is 27.2. The molecule has 0 bridgehead atoms. The maximum atomic E-state index is 12.4. The summed E-state index contributed by atoms with van der Waals surface area (Å²) in [5.41, 5.74) is 2.09. The Labute approximate surface area is 108 Å². The number of amides is 1. The number of rotatable bonds is 2. The number of carbonyl (C=O) groups excluding carboxylic acids is 1. The summed E-state index contributed by atoms with van der Waals surface area (Å²) in [6.07, 6.45) is 3.45. The first-order chi connectivity index (χ1) is 8.75. The summed E-state index contributed by atoms with van der Waals surface area (Å²) in [7, 11) is 0. The number of nitrogens with zero attached hydrogens (tertiary/aromatic N) is 1. The second kappa shape index (κ2) is 4.73. The Kier molecular flexibility index (Phi) is 3.08. The van der Waals surface area contributed by atoms with Crippen molar-refractivity contribution in [1.82, 2.24) is 4.90 Å². The molecule has 1 N–H and O–H groups in total. The van der Waals surface area contributed by atoms with Gasteiger partial charge in [0.05, 0.1) is 5.92 Å². The number of benzene rings is 1. The average molecular weight is 244 g/mol. The Bertz CT molecular complexity index is 458. The van der Waals surface area contributed by atoms with Crippen molar-refractivity contribution in [2.24, 2.45) is 5.92 Å². The van der Waals surface area contributed by atoms with Crippen LogP contribution < -0.4 is 5.32 Å². The highest BCUT2D eigenvalue weighted by Crippen LogP contribution is 2.33. The Morgan fingerprint density at radius 2 is 2.11 bits per heavy atom. The van der Waals surface area contributed by atoms with Gasteiger partial charge in [-0.05, 0) is 50.9 Å². The van der Waals surface area contributed by atoms with E-state index in [2.05, 4.69) is 10.2 Å². The van der Waals surface area contributed by atoms with Gasteiger partial charge in [0.15, 0.2) is 0 Å². The number of carbonyl (C=O) groups is 1. The highest BCUT2D eigenvalue weighted by Gasteiger charge is 2.40. The molecule has 1 aromatic rings. The molecule has 3 nitrogen and oxygen atoms in total. The van der Waals surface area contributed by atoms with E-state index < -0.39 is 0 Å². The third-order valence-corrected chi connectivity index (χ3v) is 4.35. The van der Waals surface area contributed by atoms with E-state index in [0.29, 0.717) is 6.04 Å². The van der Waals surface area contributed by atoms with Crippen LogP contribution >= 0.6 is 0 Å². The molecule has 0 saturated carbocycles. The predicted octanol–water partition coefficient (Wildman–Crippen LogP) is 2.42. The number of aryl methyl sites for hydroxylation is 1. The molecular formula is C15H20N2O. The van der Waals surface area contributed by atoms with E-state index in [1.807, 2.05) is 31.2 Å². The number of para-hydroxylation sites is 1. The second-order valence-corrected chi connectivity index (χ2v) is 5.44. The molecule has 18 heavy (non-hydrogen) atoms. The zero-order chi connectivity index (χ0) is 12.5. The minimum absolute atomic E-state index is 0.187. The first-order valence-electron chi connectivity index (χ1n) is 6.86. The van der Waals surface area contributed by atoms with Crippen LogP contribution in [0.4, 0.5) is 5.69 Å². The van der Waals surface area contributed by atoms with Gasteiger partial charge >= 0.3 is 0 Å². The maximum absolute atomic E-state index is 12.4. The van der Waals surface area contributed by atoms with Crippen LogP contribution in [0.3, 0.4) is 0 Å². The van der Waals surface area contributed by atoms with E-state index in [0.717, 1.165) is 24.2 Å². The van der Waals surface area contributed by atoms with E-state index in [-0.39, 0.29) is 11.8 Å². The second-order valence-electron chi connectivity index (χ2n) is 5.44. The molecule has 3 heteroatoms. The first-order valence-corrected chi connectivity index (χ1v) is 6.86. The number of anilines is 1. The Hall–Kier alpha value is -1.35. The number of nitrogens with one attached hydrogen (secondary N) is 1. The Balaban J connectivity index is 1.70. The van der Waals surface area contributed by atoms with E-state index in [1.54, 1.807) is 0 Å². The monoisotopic (exact) mass is 244 g/mol. The third kappa shape index (κ3) is 2.03. The van der Waals surface area contributed by atoms with Crippen molar-refractivity contribution >= 4 is 11.6 Å². The van der Waals surface area contributed by atoms with Gasteiger partial charge < -0.3 is 5.32 Å². The Morgan fingerprint density at radius 1 is 1.28 bits per heavy atom. The van der Waals surface area contributed by atoms with Crippen LogP contribution in [0.25, 0.3) is 0 Å². The lowest BCUT2D eigenvalue weighted by Gasteiger charge is -2.20. The van der Waals surface area contributed by atoms with Gasteiger partial charge in [-0.1, -0.05) is 18.2 Å². The molecule has 2 aliphatic heterocycles. The fourth-order valence-corrected chi connectivity index (χ4v) is 3.33. The summed E-state index contributed by atoms with van der Waals surface area (Å²) < 4.78 is 0. The van der Waals surface area contributed by atoms with Gasteiger partial charge in [0.2, 0.25) is 5.91 Å². The van der Waals surface area contributed by atoms with Gasteiger partial charge in [0, 0.05) is 11.7 Å². The van der Waals surface area contributed by atoms with E-state index in [1.165, 1.54) is 19.4 Å². The number of hydrogen-bond donors (Lipinski definition) is 1. The molecule has 0 aromatic heterocycles. The molecular weight excluding hydrogens is 224 g/mol. The van der Waals surface area contributed by atoms with Gasteiger partial charge in [0.1, 0.15) is 0 Å². The molecule has 2 atom stereocenters. The van der Waals surface area contributed by atoms with Crippen LogP contribution in [0.2, 0.25) is 0 Å². The topological polar surface area (TPSA) is 32.3 Å². The zero-order valence-electron chi connectivity index (χ0n) is 10.9. The van der Waals surface area contributed by atoms with E-state index >= 15 is 0 Å². The lowest BCUT2D eigenvalue weighted by Crippen LogP contribution is -2.33. The summed E-state index contributed by atoms with van der Waals surface area (Å²) in [5, 5.41) is 3.10. The summed E-state index contributed by atoms with van der Waals surface area (Å²) in [6.45, 7) is 4.31. The van der Waals surface area contributed by atoms with Crippen molar-refractivity contribution in [3.8, 4) is 0 Å². The first kappa shape index (κ1) is 11.7. The van der Waals surface area contributed by atoms with E-state index in [9.17, 15) is 4.79 Å². The van der Waals surface area contributed by atoms with Crippen LogP contribution in [0.5, 0.6) is 0 Å². The average Bonchev–Trinajstić information content (AvgIpc) is 2.93.